The summed E-state index contributed by atoms with van der Waals surface area (Å²) in [6.07, 6.45) is 5.71. The second-order valence-electron chi connectivity index (χ2n) is 3.98. The maximum atomic E-state index is 11.4. The van der Waals surface area contributed by atoms with Crippen molar-refractivity contribution >= 4 is 11.8 Å². The van der Waals surface area contributed by atoms with Crippen LogP contribution in [0.5, 0.6) is 0 Å². The highest BCUT2D eigenvalue weighted by atomic mass is 16.6. The molecule has 0 spiro atoms. The number of hydroxylamine groups is 1. The first-order chi connectivity index (χ1) is 7.68. The van der Waals surface area contributed by atoms with Gasteiger partial charge in [0.1, 0.15) is 6.61 Å². The van der Waals surface area contributed by atoms with Gasteiger partial charge in [0.2, 0.25) is 11.8 Å². The zero-order chi connectivity index (χ0) is 11.8. The molecule has 0 saturated heterocycles. The second-order valence-corrected chi connectivity index (χ2v) is 3.98. The summed E-state index contributed by atoms with van der Waals surface area (Å²) < 4.78 is 0. The Bertz CT molecular complexity index is 239. The Hall–Kier alpha value is -1.14. The third-order valence-electron chi connectivity index (χ3n) is 2.52. The molecule has 4 N–H and O–H groups in total. The number of rotatable bonds is 6. The number of nitrogens with two attached hydrogens (primary N) is 1. The van der Waals surface area contributed by atoms with Crippen molar-refractivity contribution in [2.45, 2.75) is 38.1 Å². The zero-order valence-electron chi connectivity index (χ0n) is 9.33. The van der Waals surface area contributed by atoms with Gasteiger partial charge in [0.15, 0.2) is 0 Å². The van der Waals surface area contributed by atoms with E-state index in [1.54, 1.807) is 0 Å². The summed E-state index contributed by atoms with van der Waals surface area (Å²) in [5, 5.41) is 2.91. The lowest BCUT2D eigenvalue weighted by molar-refractivity contribution is -0.129. The molecular formula is C10H19N3O3. The lowest BCUT2D eigenvalue weighted by Crippen LogP contribution is -2.41. The lowest BCUT2D eigenvalue weighted by Gasteiger charge is -2.22. The summed E-state index contributed by atoms with van der Waals surface area (Å²) in [7, 11) is 0. The average molecular weight is 229 g/mol. The predicted molar refractivity (Wildman–Crippen MR) is 58.2 cm³/mol. The highest BCUT2D eigenvalue weighted by Crippen LogP contribution is 2.16. The van der Waals surface area contributed by atoms with Gasteiger partial charge in [-0.05, 0) is 12.8 Å². The fourth-order valence-electron chi connectivity index (χ4n) is 1.76. The van der Waals surface area contributed by atoms with Gasteiger partial charge in [-0.15, -0.1) is 0 Å². The molecule has 1 fully saturated rings. The molecule has 0 aromatic carbocycles. The molecule has 0 aromatic heterocycles. The molecule has 0 unspecified atom stereocenters. The van der Waals surface area contributed by atoms with Crippen LogP contribution in [0.2, 0.25) is 0 Å². The van der Waals surface area contributed by atoms with Crippen molar-refractivity contribution in [1.82, 2.24) is 10.8 Å². The lowest BCUT2D eigenvalue weighted by atomic mass is 9.95. The van der Waals surface area contributed by atoms with E-state index in [1.165, 1.54) is 19.3 Å². The zero-order valence-corrected chi connectivity index (χ0v) is 9.33. The van der Waals surface area contributed by atoms with E-state index < -0.39 is 5.91 Å². The van der Waals surface area contributed by atoms with Gasteiger partial charge in [-0.2, -0.15) is 5.48 Å². The van der Waals surface area contributed by atoms with Gasteiger partial charge in [-0.25, -0.2) is 0 Å². The molecule has 0 aliphatic heterocycles. The Kier molecular flexibility index (Phi) is 5.81. The van der Waals surface area contributed by atoms with E-state index in [0.29, 0.717) is 6.04 Å². The monoisotopic (exact) mass is 229 g/mol. The van der Waals surface area contributed by atoms with Gasteiger partial charge in [-0.1, -0.05) is 19.3 Å². The molecule has 1 saturated carbocycles. The van der Waals surface area contributed by atoms with Gasteiger partial charge >= 0.3 is 0 Å². The predicted octanol–water partition coefficient (Wildman–Crippen LogP) is -0.558. The molecule has 16 heavy (non-hydrogen) atoms. The van der Waals surface area contributed by atoms with Crippen molar-refractivity contribution in [3.63, 3.8) is 0 Å². The second kappa shape index (κ2) is 7.19. The number of carbonyl (C=O) groups is 2. The number of amides is 2. The van der Waals surface area contributed by atoms with Crippen LogP contribution < -0.4 is 16.5 Å². The van der Waals surface area contributed by atoms with E-state index in [0.717, 1.165) is 12.8 Å². The van der Waals surface area contributed by atoms with Gasteiger partial charge in [0.05, 0.1) is 6.54 Å². The van der Waals surface area contributed by atoms with Crippen molar-refractivity contribution in [3.05, 3.63) is 0 Å². The summed E-state index contributed by atoms with van der Waals surface area (Å²) in [5.74, 6) is -0.684. The fourth-order valence-corrected chi connectivity index (χ4v) is 1.76. The number of hydrogen-bond donors (Lipinski definition) is 3. The minimum Gasteiger partial charge on any atom is -0.368 e. The molecular weight excluding hydrogens is 210 g/mol. The van der Waals surface area contributed by atoms with E-state index >= 15 is 0 Å². The van der Waals surface area contributed by atoms with Crippen LogP contribution in [-0.2, 0) is 14.4 Å². The summed E-state index contributed by atoms with van der Waals surface area (Å²) >= 11 is 0. The van der Waals surface area contributed by atoms with E-state index in [4.69, 9.17) is 5.73 Å². The Morgan fingerprint density at radius 2 is 1.94 bits per heavy atom. The molecule has 1 rings (SSSR count). The first-order valence-electron chi connectivity index (χ1n) is 5.61. The highest BCUT2D eigenvalue weighted by Gasteiger charge is 2.15. The van der Waals surface area contributed by atoms with Gasteiger partial charge in [0, 0.05) is 6.04 Å². The third-order valence-corrected chi connectivity index (χ3v) is 2.52. The SMILES string of the molecule is NC(=O)CONCC(=O)NC1CCCCC1. The van der Waals surface area contributed by atoms with Crippen LogP contribution in [0.25, 0.3) is 0 Å². The summed E-state index contributed by atoms with van der Waals surface area (Å²) in [6, 6.07) is 0.291. The molecule has 2 amide bonds. The maximum Gasteiger partial charge on any atom is 0.245 e. The Balaban J connectivity index is 2.03. The quantitative estimate of drug-likeness (QED) is 0.420. The molecule has 1 aliphatic carbocycles. The first-order valence-corrected chi connectivity index (χ1v) is 5.61. The molecule has 0 aromatic rings. The van der Waals surface area contributed by atoms with Crippen molar-refractivity contribution in [2.75, 3.05) is 13.2 Å². The van der Waals surface area contributed by atoms with E-state index in [2.05, 4.69) is 15.6 Å². The van der Waals surface area contributed by atoms with Crippen LogP contribution in [0, 0.1) is 0 Å². The van der Waals surface area contributed by atoms with Crippen LogP contribution in [0.4, 0.5) is 0 Å². The minimum atomic E-state index is -0.569. The largest absolute Gasteiger partial charge is 0.368 e. The van der Waals surface area contributed by atoms with Gasteiger partial charge in [-0.3, -0.25) is 14.4 Å². The first kappa shape index (κ1) is 12.9. The number of nitrogens with one attached hydrogen (secondary N) is 2. The van der Waals surface area contributed by atoms with Crippen molar-refractivity contribution in [2.24, 2.45) is 5.73 Å². The van der Waals surface area contributed by atoms with Crippen molar-refractivity contribution in [1.29, 1.82) is 0 Å². The standard InChI is InChI=1S/C10H19N3O3/c11-9(14)7-16-12-6-10(15)13-8-4-2-1-3-5-8/h8,12H,1-7H2,(H2,11,14)(H,13,15). The fraction of sp³-hybridized carbons (Fsp3) is 0.800. The van der Waals surface area contributed by atoms with Crippen LogP contribution >= 0.6 is 0 Å². The third kappa shape index (κ3) is 5.67. The number of carbonyl (C=O) groups excluding carboxylic acids is 2. The van der Waals surface area contributed by atoms with Crippen LogP contribution in [0.15, 0.2) is 0 Å². The van der Waals surface area contributed by atoms with E-state index in [-0.39, 0.29) is 19.1 Å². The minimum absolute atomic E-state index is 0.0454. The Morgan fingerprint density at radius 3 is 2.56 bits per heavy atom. The van der Waals surface area contributed by atoms with Crippen molar-refractivity contribution in [3.8, 4) is 0 Å². The molecule has 0 heterocycles. The van der Waals surface area contributed by atoms with Crippen LogP contribution in [0.3, 0.4) is 0 Å². The molecule has 1 aliphatic rings. The van der Waals surface area contributed by atoms with Crippen molar-refractivity contribution < 1.29 is 14.4 Å². The average Bonchev–Trinajstić information content (AvgIpc) is 2.25. The van der Waals surface area contributed by atoms with Crippen LogP contribution in [0.1, 0.15) is 32.1 Å². The maximum absolute atomic E-state index is 11.4. The van der Waals surface area contributed by atoms with Crippen LogP contribution in [-0.4, -0.2) is 31.0 Å². The molecule has 0 atom stereocenters. The molecule has 92 valence electrons. The normalized spacial score (nSPS) is 17.0. The van der Waals surface area contributed by atoms with E-state index in [9.17, 15) is 9.59 Å². The number of primary amides is 1. The molecule has 6 nitrogen and oxygen atoms in total. The molecule has 0 radical (unpaired) electrons. The van der Waals surface area contributed by atoms with Gasteiger partial charge < -0.3 is 11.1 Å². The highest BCUT2D eigenvalue weighted by molar-refractivity contribution is 5.78. The van der Waals surface area contributed by atoms with Gasteiger partial charge in [0.25, 0.3) is 0 Å². The summed E-state index contributed by atoms with van der Waals surface area (Å²) in [6.45, 7) is -0.180. The topological polar surface area (TPSA) is 93.5 Å². The molecule has 6 heteroatoms. The number of hydrogen-bond acceptors (Lipinski definition) is 4. The van der Waals surface area contributed by atoms with E-state index in [1.807, 2.05) is 0 Å². The Labute approximate surface area is 94.8 Å². The smallest absolute Gasteiger partial charge is 0.245 e. The summed E-state index contributed by atoms with van der Waals surface area (Å²) in [4.78, 5) is 26.4. The summed E-state index contributed by atoms with van der Waals surface area (Å²) in [5.41, 5.74) is 7.25. The molecule has 0 bridgehead atoms. The Morgan fingerprint density at radius 1 is 1.25 bits per heavy atom.